The van der Waals surface area contributed by atoms with Crippen LogP contribution in [-0.4, -0.2) is 29.7 Å². The Hall–Kier alpha value is -4.06. The van der Waals surface area contributed by atoms with E-state index in [1.807, 2.05) is 73.7 Å². The summed E-state index contributed by atoms with van der Waals surface area (Å²) in [6.45, 7) is 5.99. The number of hydrogen-bond donors (Lipinski definition) is 1. The van der Waals surface area contributed by atoms with Crippen molar-refractivity contribution in [1.82, 2.24) is 9.78 Å². The van der Waals surface area contributed by atoms with Gasteiger partial charge in [-0.25, -0.2) is 4.68 Å². The first-order chi connectivity index (χ1) is 15.9. The first-order valence-corrected chi connectivity index (χ1v) is 10.7. The van der Waals surface area contributed by atoms with Crippen LogP contribution >= 0.6 is 0 Å². The number of H-pyrrole nitrogens is 1. The number of nitrogens with one attached hydrogen (secondary N) is 1. The number of aliphatic imine (C=N–C) groups is 1. The van der Waals surface area contributed by atoms with Crippen LogP contribution in [0.5, 0.6) is 11.5 Å². The third kappa shape index (κ3) is 4.46. The molecule has 0 saturated carbocycles. The summed E-state index contributed by atoms with van der Waals surface area (Å²) in [5, 5.41) is 3.29. The van der Waals surface area contributed by atoms with Crippen LogP contribution in [0, 0.1) is 13.8 Å². The molecule has 0 atom stereocenters. The molecule has 3 aromatic carbocycles. The van der Waals surface area contributed by atoms with E-state index in [9.17, 15) is 4.79 Å². The molecular weight excluding hydrogens is 414 g/mol. The van der Waals surface area contributed by atoms with E-state index in [0.29, 0.717) is 22.7 Å². The highest BCUT2D eigenvalue weighted by atomic mass is 16.5. The molecule has 0 aliphatic rings. The monoisotopic (exact) mass is 441 g/mol. The molecule has 0 saturated heterocycles. The van der Waals surface area contributed by atoms with Crippen molar-refractivity contribution in [2.24, 2.45) is 4.99 Å². The fraction of sp³-hybridized carbons (Fsp3) is 0.185. The van der Waals surface area contributed by atoms with Gasteiger partial charge in [-0.15, -0.1) is 0 Å². The topological polar surface area (TPSA) is 68.6 Å². The molecule has 4 aromatic rings. The summed E-state index contributed by atoms with van der Waals surface area (Å²) in [5.41, 5.74) is 6.43. The van der Waals surface area contributed by atoms with Crippen LogP contribution in [-0.2, 0) is 0 Å². The fourth-order valence-electron chi connectivity index (χ4n) is 3.70. The minimum Gasteiger partial charge on any atom is -0.497 e. The Balaban J connectivity index is 1.88. The molecule has 1 N–H and O–H groups in total. The Bertz CT molecular complexity index is 1360. The van der Waals surface area contributed by atoms with Crippen LogP contribution in [0.25, 0.3) is 16.9 Å². The molecule has 0 aliphatic heterocycles. The van der Waals surface area contributed by atoms with E-state index in [2.05, 4.69) is 18.9 Å². The second-order valence-electron chi connectivity index (χ2n) is 7.89. The van der Waals surface area contributed by atoms with Gasteiger partial charge in [-0.3, -0.25) is 14.9 Å². The van der Waals surface area contributed by atoms with Crippen molar-refractivity contribution in [3.05, 3.63) is 93.8 Å². The van der Waals surface area contributed by atoms with Crippen molar-refractivity contribution >= 4 is 11.4 Å². The second-order valence-corrected chi connectivity index (χ2v) is 7.89. The number of ether oxygens (including phenoxy) is 2. The Morgan fingerprint density at radius 1 is 0.848 bits per heavy atom. The minimum atomic E-state index is -0.170. The van der Waals surface area contributed by atoms with Crippen molar-refractivity contribution < 1.29 is 9.47 Å². The zero-order chi connectivity index (χ0) is 23.5. The van der Waals surface area contributed by atoms with Gasteiger partial charge in [0.1, 0.15) is 11.5 Å². The van der Waals surface area contributed by atoms with Gasteiger partial charge in [0, 0.05) is 5.56 Å². The maximum Gasteiger partial charge on any atom is 0.280 e. The second kappa shape index (κ2) is 9.20. The smallest absolute Gasteiger partial charge is 0.280 e. The maximum absolute atomic E-state index is 13.6. The van der Waals surface area contributed by atoms with Gasteiger partial charge in [0.15, 0.2) is 0 Å². The number of rotatable bonds is 6. The summed E-state index contributed by atoms with van der Waals surface area (Å²) >= 11 is 0. The Morgan fingerprint density at radius 3 is 2.03 bits per heavy atom. The summed E-state index contributed by atoms with van der Waals surface area (Å²) in [4.78, 5) is 18.4. The summed E-state index contributed by atoms with van der Waals surface area (Å²) in [6.07, 6.45) is 0. The van der Waals surface area contributed by atoms with Crippen molar-refractivity contribution in [2.75, 3.05) is 14.2 Å². The normalized spacial score (nSPS) is 11.5. The lowest BCUT2D eigenvalue weighted by Crippen LogP contribution is -2.19. The van der Waals surface area contributed by atoms with Gasteiger partial charge >= 0.3 is 0 Å². The lowest BCUT2D eigenvalue weighted by atomic mass is 10.0. The first-order valence-electron chi connectivity index (χ1n) is 10.7. The van der Waals surface area contributed by atoms with Gasteiger partial charge < -0.3 is 9.47 Å². The zero-order valence-corrected chi connectivity index (χ0v) is 19.5. The third-order valence-corrected chi connectivity index (χ3v) is 5.75. The number of aryl methyl sites for hydroxylation is 2. The lowest BCUT2D eigenvalue weighted by Gasteiger charge is -2.06. The van der Waals surface area contributed by atoms with Crippen molar-refractivity contribution in [3.8, 4) is 28.4 Å². The highest BCUT2D eigenvalue weighted by Crippen LogP contribution is 2.26. The number of aromatic nitrogens is 2. The maximum atomic E-state index is 13.6. The highest BCUT2D eigenvalue weighted by Gasteiger charge is 2.19. The molecule has 6 nitrogen and oxygen atoms in total. The molecule has 0 unspecified atom stereocenters. The van der Waals surface area contributed by atoms with E-state index in [1.54, 1.807) is 14.2 Å². The van der Waals surface area contributed by atoms with E-state index in [1.165, 1.54) is 10.2 Å². The van der Waals surface area contributed by atoms with E-state index in [-0.39, 0.29) is 5.56 Å². The molecule has 0 fully saturated rings. The summed E-state index contributed by atoms with van der Waals surface area (Å²) in [7, 11) is 3.24. The van der Waals surface area contributed by atoms with Crippen LogP contribution in [0.15, 0.2) is 76.5 Å². The van der Waals surface area contributed by atoms with Crippen LogP contribution in [0.3, 0.4) is 0 Å². The van der Waals surface area contributed by atoms with Crippen molar-refractivity contribution in [1.29, 1.82) is 0 Å². The van der Waals surface area contributed by atoms with Gasteiger partial charge in [0.05, 0.1) is 42.6 Å². The molecule has 33 heavy (non-hydrogen) atoms. The molecule has 4 rings (SSSR count). The van der Waals surface area contributed by atoms with Gasteiger partial charge in [-0.05, 0) is 92.6 Å². The molecule has 0 amide bonds. The van der Waals surface area contributed by atoms with Crippen LogP contribution in [0.4, 0.5) is 5.69 Å². The molecule has 0 radical (unpaired) electrons. The van der Waals surface area contributed by atoms with E-state index < -0.39 is 0 Å². The number of benzene rings is 3. The average Bonchev–Trinajstić information content (AvgIpc) is 3.18. The number of aromatic amines is 1. The predicted octanol–water partition coefficient (Wildman–Crippen LogP) is 5.61. The molecule has 168 valence electrons. The summed E-state index contributed by atoms with van der Waals surface area (Å²) in [6, 6.07) is 21.0. The van der Waals surface area contributed by atoms with Gasteiger partial charge in [-0.1, -0.05) is 6.07 Å². The average molecular weight is 442 g/mol. The zero-order valence-electron chi connectivity index (χ0n) is 19.5. The quantitative estimate of drug-likeness (QED) is 0.396. The predicted molar refractivity (Wildman–Crippen MR) is 133 cm³/mol. The van der Waals surface area contributed by atoms with Crippen LogP contribution in [0.2, 0.25) is 0 Å². The summed E-state index contributed by atoms with van der Waals surface area (Å²) in [5.74, 6) is 1.47. The lowest BCUT2D eigenvalue weighted by molar-refractivity contribution is 0.414. The van der Waals surface area contributed by atoms with Gasteiger partial charge in [0.25, 0.3) is 5.56 Å². The molecule has 0 spiro atoms. The summed E-state index contributed by atoms with van der Waals surface area (Å²) < 4.78 is 12.1. The molecular formula is C27H27N3O3. The van der Waals surface area contributed by atoms with Gasteiger partial charge in [-0.2, -0.15) is 0 Å². The standard InChI is InChI=1S/C27H27N3O3/c1-17-6-9-21(16-18(17)2)28-19(3)25-26(20-7-12-23(32-4)13-8-20)29-30(27(25)31)22-10-14-24(33-5)15-11-22/h6-16,29H,1-5H3. The largest absolute Gasteiger partial charge is 0.497 e. The van der Waals surface area contributed by atoms with Crippen molar-refractivity contribution in [3.63, 3.8) is 0 Å². The Kier molecular flexibility index (Phi) is 6.18. The highest BCUT2D eigenvalue weighted by molar-refractivity contribution is 6.04. The fourth-order valence-corrected chi connectivity index (χ4v) is 3.70. The SMILES string of the molecule is COc1ccc(-c2[nH]n(-c3ccc(OC)cc3)c(=O)c2C(C)=Nc2ccc(C)c(C)c2)cc1. The van der Waals surface area contributed by atoms with E-state index in [0.717, 1.165) is 28.3 Å². The molecule has 1 heterocycles. The molecule has 1 aromatic heterocycles. The Morgan fingerprint density at radius 2 is 1.45 bits per heavy atom. The van der Waals surface area contributed by atoms with Gasteiger partial charge in [0.2, 0.25) is 0 Å². The Labute approximate surface area is 193 Å². The minimum absolute atomic E-state index is 0.170. The molecule has 0 aliphatic carbocycles. The van der Waals surface area contributed by atoms with Crippen LogP contribution in [0.1, 0.15) is 23.6 Å². The third-order valence-electron chi connectivity index (χ3n) is 5.75. The number of hydrogen-bond acceptors (Lipinski definition) is 4. The van der Waals surface area contributed by atoms with Crippen LogP contribution < -0.4 is 15.0 Å². The van der Waals surface area contributed by atoms with E-state index in [4.69, 9.17) is 14.5 Å². The number of nitrogens with zero attached hydrogens (tertiary/aromatic N) is 2. The molecule has 0 bridgehead atoms. The molecule has 6 heteroatoms. The first kappa shape index (κ1) is 22.1. The number of methoxy groups -OCH3 is 2. The van der Waals surface area contributed by atoms with E-state index >= 15 is 0 Å². The van der Waals surface area contributed by atoms with Crippen molar-refractivity contribution in [2.45, 2.75) is 20.8 Å².